The molecule has 2 aliphatic rings. The lowest BCUT2D eigenvalue weighted by Gasteiger charge is -2.32. The van der Waals surface area contributed by atoms with E-state index in [0.29, 0.717) is 44.6 Å². The molecule has 0 spiro atoms. The zero-order valence-electron chi connectivity index (χ0n) is 41.4. The fourth-order valence-electron chi connectivity index (χ4n) is 9.88. The van der Waals surface area contributed by atoms with Crippen molar-refractivity contribution in [2.45, 2.75) is 27.7 Å². The Morgan fingerprint density at radius 1 is 0.473 bits per heavy atom. The minimum absolute atomic E-state index is 0.0396. The Labute approximate surface area is 430 Å². The van der Waals surface area contributed by atoms with Gasteiger partial charge in [0.2, 0.25) is 22.9 Å². The van der Waals surface area contributed by atoms with Gasteiger partial charge in [-0.25, -0.2) is 0 Å². The standard InChI is InChI=1S/C66H50N4O4/c1-41-23-31-47(32-24-41)69(48-33-25-42(2)26-34-48)57-39-55(67-65(73)45-15-7-5-8-16-45)59(53-21-13-11-19-51(53)57)61-63(71)62(64(61)72)60-54-22-14-12-20-52(54)58(40-56(60)68-66(74)46-17-9-6-10-18-46)70(49-35-27-43(3)28-36-49)50-37-29-44(4)30-38-50/h5-40H,1-4H3,(H2,67,68,71,72,73,74)/p+1. The van der Waals surface area contributed by atoms with Crippen LogP contribution in [-0.4, -0.2) is 28.4 Å². The second kappa shape index (κ2) is 19.5. The molecule has 8 heteroatoms. The number of benzene rings is 9. The number of Topliss-reactive ketones (excluding diaryl/α,β-unsaturated/α-hetero) is 1. The predicted octanol–water partition coefficient (Wildman–Crippen LogP) is 14.8. The molecule has 0 bridgehead atoms. The fourth-order valence-corrected chi connectivity index (χ4v) is 9.88. The summed E-state index contributed by atoms with van der Waals surface area (Å²) >= 11 is 0. The summed E-state index contributed by atoms with van der Waals surface area (Å²) in [5.74, 6) is -1.49. The van der Waals surface area contributed by atoms with Gasteiger partial charge >= 0.3 is 0 Å². The van der Waals surface area contributed by atoms with Crippen molar-refractivity contribution in [3.05, 3.63) is 285 Å². The van der Waals surface area contributed by atoms with E-state index in [-0.39, 0.29) is 28.7 Å². The van der Waals surface area contributed by atoms with Crippen molar-refractivity contribution in [1.82, 2.24) is 9.89 Å². The van der Waals surface area contributed by atoms with Crippen molar-refractivity contribution in [2.24, 2.45) is 0 Å². The topological polar surface area (TPSA) is 102 Å². The van der Waals surface area contributed by atoms with Gasteiger partial charge in [0.15, 0.2) is 0 Å². The molecule has 9 aromatic carbocycles. The van der Waals surface area contributed by atoms with E-state index in [0.717, 1.165) is 67.4 Å². The van der Waals surface area contributed by atoms with Crippen LogP contribution in [0.25, 0.3) is 21.9 Å². The van der Waals surface area contributed by atoms with Crippen molar-refractivity contribution in [3.63, 3.8) is 0 Å². The highest BCUT2D eigenvalue weighted by Gasteiger charge is 2.43. The van der Waals surface area contributed by atoms with E-state index in [1.807, 2.05) is 101 Å². The second-order valence-electron chi connectivity index (χ2n) is 18.8. The Hall–Kier alpha value is -9.66. The highest BCUT2D eigenvalue weighted by atomic mass is 16.3. The summed E-state index contributed by atoms with van der Waals surface area (Å²) in [7, 11) is 0. The van der Waals surface area contributed by atoms with Gasteiger partial charge in [0.25, 0.3) is 11.8 Å². The first-order valence-corrected chi connectivity index (χ1v) is 24.6. The molecule has 2 amide bonds. The number of carbonyl (C=O) groups is 3. The largest absolute Gasteiger partial charge is 0.506 e. The highest BCUT2D eigenvalue weighted by molar-refractivity contribution is 6.45. The number of rotatable bonds is 10. The van der Waals surface area contributed by atoms with Gasteiger partial charge in [0.1, 0.15) is 5.76 Å². The van der Waals surface area contributed by atoms with Gasteiger partial charge in [-0.1, -0.05) is 150 Å². The molecule has 0 saturated carbocycles. The molecule has 9 aromatic rings. The number of carbonyl (C=O) groups excluding carboxylic acids is 3. The lowest BCUT2D eigenvalue weighted by molar-refractivity contribution is -0.111. The maximum absolute atomic E-state index is 15.6. The average Bonchev–Trinajstić information content (AvgIpc) is 3.44. The molecule has 358 valence electrons. The normalized spacial score (nSPS) is 14.0. The van der Waals surface area contributed by atoms with Gasteiger partial charge in [-0.2, -0.15) is 4.58 Å². The Morgan fingerprint density at radius 3 is 1.43 bits per heavy atom. The van der Waals surface area contributed by atoms with E-state index in [9.17, 15) is 14.7 Å². The van der Waals surface area contributed by atoms with Gasteiger partial charge in [-0.15, -0.1) is 0 Å². The first-order valence-electron chi connectivity index (χ1n) is 24.6. The predicted molar refractivity (Wildman–Crippen MR) is 300 cm³/mol. The SMILES string of the molecule is Cc1ccc(N(c2ccc(C)cc2)c2cc(NC(=O)c3ccccc3)c(C3=C(O)/C(=C4\C(NC(=O)c5ccccc5)=CC(=[N+](c5ccc(C)cc5)c5ccc(C)cc5)c5ccccc54)C3=O)c3ccccc23)cc1. The zero-order valence-corrected chi connectivity index (χ0v) is 41.4. The molecule has 0 aliphatic heterocycles. The number of nitrogens with zero attached hydrogens (tertiary/aromatic N) is 2. The molecule has 0 aromatic heterocycles. The van der Waals surface area contributed by atoms with E-state index in [4.69, 9.17) is 0 Å². The summed E-state index contributed by atoms with van der Waals surface area (Å²) in [4.78, 5) is 46.5. The lowest BCUT2D eigenvalue weighted by Crippen LogP contribution is -2.32. The maximum atomic E-state index is 15.6. The summed E-state index contributed by atoms with van der Waals surface area (Å²) in [6, 6.07) is 68.2. The number of hydrogen-bond acceptors (Lipinski definition) is 5. The van der Waals surface area contributed by atoms with Crippen LogP contribution < -0.4 is 20.1 Å². The van der Waals surface area contributed by atoms with Crippen LogP contribution >= 0.6 is 0 Å². The number of anilines is 4. The molecule has 8 nitrogen and oxygen atoms in total. The van der Waals surface area contributed by atoms with E-state index in [1.165, 1.54) is 0 Å². The number of aliphatic hydroxyl groups excluding tert-OH is 1. The number of amides is 2. The van der Waals surface area contributed by atoms with E-state index < -0.39 is 5.78 Å². The van der Waals surface area contributed by atoms with Gasteiger partial charge in [-0.05, 0) is 99.3 Å². The smallest absolute Gasteiger partial charge is 0.255 e. The van der Waals surface area contributed by atoms with Crippen LogP contribution in [0.5, 0.6) is 0 Å². The van der Waals surface area contributed by atoms with Crippen LogP contribution in [0.3, 0.4) is 0 Å². The van der Waals surface area contributed by atoms with Crippen molar-refractivity contribution >= 4 is 79.4 Å². The minimum Gasteiger partial charge on any atom is -0.506 e. The van der Waals surface area contributed by atoms with Crippen LogP contribution in [0.4, 0.5) is 34.1 Å². The summed E-state index contributed by atoms with van der Waals surface area (Å²) in [5, 5.41) is 20.7. The Balaban J connectivity index is 1.17. The van der Waals surface area contributed by atoms with Crippen LogP contribution in [-0.2, 0) is 4.79 Å². The molecule has 74 heavy (non-hydrogen) atoms. The van der Waals surface area contributed by atoms with E-state index >= 15 is 4.79 Å². The molecular formula is C66H51N4O4+. The van der Waals surface area contributed by atoms with Crippen molar-refractivity contribution in [3.8, 4) is 0 Å². The number of fused-ring (bicyclic) bond motifs is 2. The molecule has 0 heterocycles. The molecule has 0 saturated heterocycles. The number of aryl methyl sites for hydroxylation is 4. The summed E-state index contributed by atoms with van der Waals surface area (Å²) < 4.78 is 2.14. The number of allylic oxidation sites excluding steroid dienone is 4. The van der Waals surface area contributed by atoms with Gasteiger partial charge in [0.05, 0.1) is 33.8 Å². The van der Waals surface area contributed by atoms with Crippen LogP contribution in [0, 0.1) is 27.7 Å². The first-order chi connectivity index (χ1) is 36.0. The molecule has 0 fully saturated rings. The summed E-state index contributed by atoms with van der Waals surface area (Å²) in [5.41, 5.74) is 13.2. The number of ketones is 1. The molecule has 11 rings (SSSR count). The van der Waals surface area contributed by atoms with Crippen molar-refractivity contribution in [1.29, 1.82) is 0 Å². The maximum Gasteiger partial charge on any atom is 0.255 e. The lowest BCUT2D eigenvalue weighted by atomic mass is 9.74. The summed E-state index contributed by atoms with van der Waals surface area (Å²) in [6.07, 6.45) is 1.89. The van der Waals surface area contributed by atoms with Gasteiger partial charge in [-0.3, -0.25) is 14.4 Å². The molecule has 2 aliphatic carbocycles. The quantitative estimate of drug-likeness (QED) is 0.0936. The van der Waals surface area contributed by atoms with Crippen LogP contribution in [0.15, 0.2) is 235 Å². The molecule has 3 N–H and O–H groups in total. The first kappa shape index (κ1) is 46.7. The van der Waals surface area contributed by atoms with Crippen molar-refractivity contribution < 1.29 is 19.5 Å². The van der Waals surface area contributed by atoms with Crippen LogP contribution in [0.2, 0.25) is 0 Å². The average molecular weight is 964 g/mol. The number of nitrogens with one attached hydrogen (secondary N) is 2. The Bertz CT molecular complexity index is 3740. The minimum atomic E-state index is -0.452. The van der Waals surface area contributed by atoms with Gasteiger partial charge < -0.3 is 20.6 Å². The molecule has 0 atom stereocenters. The molecule has 0 unspecified atom stereocenters. The van der Waals surface area contributed by atoms with E-state index in [1.54, 1.807) is 48.5 Å². The highest BCUT2D eigenvalue weighted by Crippen LogP contribution is 2.51. The Kier molecular flexibility index (Phi) is 12.3. The zero-order chi connectivity index (χ0) is 51.0. The number of hydrogen-bond donors (Lipinski definition) is 3. The van der Waals surface area contributed by atoms with Crippen LogP contribution in [0.1, 0.15) is 59.7 Å². The Morgan fingerprint density at radius 2 is 0.919 bits per heavy atom. The third kappa shape index (κ3) is 8.68. The van der Waals surface area contributed by atoms with Gasteiger partial charge in [0, 0.05) is 69.4 Å². The molecule has 0 radical (unpaired) electrons. The second-order valence-corrected chi connectivity index (χ2v) is 18.8. The van der Waals surface area contributed by atoms with Crippen molar-refractivity contribution in [2.75, 3.05) is 10.2 Å². The third-order valence-corrected chi connectivity index (χ3v) is 13.7. The summed E-state index contributed by atoms with van der Waals surface area (Å²) in [6.45, 7) is 8.19. The molecular weight excluding hydrogens is 913 g/mol. The monoisotopic (exact) mass is 963 g/mol. The third-order valence-electron chi connectivity index (χ3n) is 13.7. The number of aliphatic hydroxyl groups is 1. The fraction of sp³-hybridized carbons (Fsp3) is 0.0606. The van der Waals surface area contributed by atoms with E-state index in [2.05, 4.69) is 117 Å².